The van der Waals surface area contributed by atoms with Gasteiger partial charge in [-0.15, -0.1) is 0 Å². The number of quaternary nitrogens is 1. The van der Waals surface area contributed by atoms with Crippen LogP contribution in [-0.2, 0) is 14.3 Å². The molecule has 6 heteroatoms. The van der Waals surface area contributed by atoms with Gasteiger partial charge in [-0.05, 0) is 62.7 Å². The summed E-state index contributed by atoms with van der Waals surface area (Å²) in [6, 6.07) is 0.407. The van der Waals surface area contributed by atoms with Crippen LogP contribution >= 0.6 is 11.8 Å². The molecule has 4 rings (SSSR count). The lowest BCUT2D eigenvalue weighted by Gasteiger charge is -2.34. The van der Waals surface area contributed by atoms with Crippen molar-refractivity contribution < 1.29 is 19.6 Å². The van der Waals surface area contributed by atoms with E-state index in [1.54, 1.807) is 0 Å². The van der Waals surface area contributed by atoms with E-state index in [-0.39, 0.29) is 18.1 Å². The number of amides is 1. The highest BCUT2D eigenvalue weighted by molar-refractivity contribution is 8.00. The van der Waals surface area contributed by atoms with Crippen molar-refractivity contribution in [1.29, 1.82) is 0 Å². The molecule has 1 saturated carbocycles. The number of hydrogen-bond donors (Lipinski definition) is 1. The lowest BCUT2D eigenvalue weighted by molar-refractivity contribution is -0.666. The van der Waals surface area contributed by atoms with Gasteiger partial charge in [0, 0.05) is 11.8 Å². The molecule has 1 aliphatic carbocycles. The van der Waals surface area contributed by atoms with E-state index in [2.05, 4.69) is 28.1 Å². The molecular weight excluding hydrogens is 348 g/mol. The minimum Gasteiger partial charge on any atom is -0.349 e. The largest absolute Gasteiger partial charge is 0.349 e. The molecule has 5 atom stereocenters. The first-order valence-electron chi connectivity index (χ1n) is 10.4. The van der Waals surface area contributed by atoms with Gasteiger partial charge in [-0.1, -0.05) is 6.08 Å². The van der Waals surface area contributed by atoms with E-state index in [9.17, 15) is 4.79 Å². The molecule has 0 aromatic carbocycles. The molecule has 0 radical (unpaired) electrons. The van der Waals surface area contributed by atoms with Crippen LogP contribution in [0.5, 0.6) is 0 Å². The lowest BCUT2D eigenvalue weighted by Crippen LogP contribution is -2.89. The summed E-state index contributed by atoms with van der Waals surface area (Å²) in [5, 5.41) is 3.01. The first kappa shape index (κ1) is 18.8. The first-order valence-corrected chi connectivity index (χ1v) is 11.5. The van der Waals surface area contributed by atoms with Gasteiger partial charge in [0.05, 0.1) is 31.3 Å². The maximum Gasteiger partial charge on any atom is 0.246 e. The van der Waals surface area contributed by atoms with E-state index in [0.29, 0.717) is 24.0 Å². The summed E-state index contributed by atoms with van der Waals surface area (Å²) in [4.78, 5) is 15.3. The van der Waals surface area contributed by atoms with Crippen molar-refractivity contribution in [3.8, 4) is 0 Å². The van der Waals surface area contributed by atoms with Crippen LogP contribution in [0.25, 0.3) is 0 Å². The second-order valence-electron chi connectivity index (χ2n) is 8.20. The molecule has 1 amide bonds. The third-order valence-electron chi connectivity index (χ3n) is 6.38. The van der Waals surface area contributed by atoms with Crippen molar-refractivity contribution in [2.75, 3.05) is 32.2 Å². The third kappa shape index (κ3) is 4.64. The zero-order chi connectivity index (χ0) is 17.8. The Morgan fingerprint density at radius 1 is 1.15 bits per heavy atom. The number of nitrogens with zero attached hydrogens (tertiary/aromatic N) is 1. The number of hydrogen-bond acceptors (Lipinski definition) is 4. The molecule has 3 aliphatic heterocycles. The van der Waals surface area contributed by atoms with E-state index < -0.39 is 0 Å². The summed E-state index contributed by atoms with van der Waals surface area (Å²) >= 11 is 2.05. The Hall–Kier alpha value is -0.560. The van der Waals surface area contributed by atoms with Crippen LogP contribution in [0.1, 0.15) is 44.9 Å². The summed E-state index contributed by atoms with van der Waals surface area (Å²) < 4.78 is 11.3. The van der Waals surface area contributed by atoms with Crippen molar-refractivity contribution in [1.82, 2.24) is 4.90 Å². The number of carbonyl (C=O) groups excluding carboxylic acids is 1. The molecule has 146 valence electrons. The number of carbonyl (C=O) groups is 1. The lowest BCUT2D eigenvalue weighted by atomic mass is 9.85. The van der Waals surface area contributed by atoms with E-state index in [0.717, 1.165) is 38.8 Å². The smallest absolute Gasteiger partial charge is 0.246 e. The quantitative estimate of drug-likeness (QED) is 0.734. The van der Waals surface area contributed by atoms with Gasteiger partial charge in [-0.3, -0.25) is 4.79 Å². The number of rotatable bonds is 5. The minimum atomic E-state index is 0.225. The first-order chi connectivity index (χ1) is 12.8. The van der Waals surface area contributed by atoms with Crippen molar-refractivity contribution in [3.05, 3.63) is 12.2 Å². The molecule has 3 heterocycles. The monoisotopic (exact) mass is 381 g/mol. The molecule has 0 aromatic rings. The zero-order valence-electron chi connectivity index (χ0n) is 15.7. The summed E-state index contributed by atoms with van der Waals surface area (Å²) in [6.45, 7) is 3.64. The van der Waals surface area contributed by atoms with Crippen LogP contribution in [0.3, 0.4) is 0 Å². The Kier molecular flexibility index (Phi) is 6.57. The molecule has 4 aliphatic rings. The number of allylic oxidation sites excluding steroid dienone is 1. The predicted octanol–water partition coefficient (Wildman–Crippen LogP) is 1.53. The standard InChI is InChI=1S/C20H32N2O3S/c23-20(8-6-15-5-7-18-19(11-15)25-14-24-18)22(13-17-4-2-10-26-17)16-3-1-9-21-12-16/h6,8,15-19,21H,1-5,7,9-14H2/p+1/b8-6+. The van der Waals surface area contributed by atoms with Crippen molar-refractivity contribution in [3.63, 3.8) is 0 Å². The third-order valence-corrected chi connectivity index (χ3v) is 7.76. The van der Waals surface area contributed by atoms with Crippen LogP contribution in [0.2, 0.25) is 0 Å². The van der Waals surface area contributed by atoms with Gasteiger partial charge in [0.25, 0.3) is 0 Å². The van der Waals surface area contributed by atoms with Gasteiger partial charge in [-0.25, -0.2) is 0 Å². The van der Waals surface area contributed by atoms with Gasteiger partial charge >= 0.3 is 0 Å². The highest BCUT2D eigenvalue weighted by Crippen LogP contribution is 2.33. The highest BCUT2D eigenvalue weighted by atomic mass is 32.2. The number of nitrogens with two attached hydrogens (primary N) is 1. The molecule has 4 fully saturated rings. The minimum absolute atomic E-state index is 0.225. The maximum absolute atomic E-state index is 13.1. The predicted molar refractivity (Wildman–Crippen MR) is 103 cm³/mol. The average molecular weight is 382 g/mol. The van der Waals surface area contributed by atoms with Gasteiger partial charge in [0.1, 0.15) is 6.79 Å². The fraction of sp³-hybridized carbons (Fsp3) is 0.850. The number of thioether (sulfide) groups is 1. The molecular formula is C20H33N2O3S+. The topological polar surface area (TPSA) is 55.4 Å². The molecule has 26 heavy (non-hydrogen) atoms. The molecule has 5 unspecified atom stereocenters. The normalized spacial score (nSPS) is 37.8. The molecule has 2 N–H and O–H groups in total. The van der Waals surface area contributed by atoms with E-state index in [1.807, 2.05) is 6.08 Å². The van der Waals surface area contributed by atoms with Crippen molar-refractivity contribution in [2.24, 2.45) is 5.92 Å². The van der Waals surface area contributed by atoms with E-state index in [4.69, 9.17) is 9.47 Å². The Morgan fingerprint density at radius 2 is 2.08 bits per heavy atom. The van der Waals surface area contributed by atoms with Gasteiger partial charge in [0.2, 0.25) is 5.91 Å². The Bertz CT molecular complexity index is 503. The second kappa shape index (κ2) is 9.09. The molecule has 0 spiro atoms. The summed E-state index contributed by atoms with van der Waals surface area (Å²) in [6.07, 6.45) is 12.6. The average Bonchev–Trinajstić information content (AvgIpc) is 3.36. The summed E-state index contributed by atoms with van der Waals surface area (Å²) in [5.74, 6) is 1.93. The molecule has 0 bridgehead atoms. The second-order valence-corrected chi connectivity index (χ2v) is 9.60. The number of ether oxygens (including phenoxy) is 2. The summed E-state index contributed by atoms with van der Waals surface area (Å²) in [5.41, 5.74) is 0. The van der Waals surface area contributed by atoms with Crippen LogP contribution in [0, 0.1) is 5.92 Å². The molecule has 5 nitrogen and oxygen atoms in total. The van der Waals surface area contributed by atoms with Crippen LogP contribution in [0.4, 0.5) is 0 Å². The molecule has 3 saturated heterocycles. The Morgan fingerprint density at radius 3 is 2.88 bits per heavy atom. The highest BCUT2D eigenvalue weighted by Gasteiger charge is 2.35. The fourth-order valence-corrected chi connectivity index (χ4v) is 6.10. The maximum atomic E-state index is 13.1. The number of fused-ring (bicyclic) bond motifs is 1. The van der Waals surface area contributed by atoms with Gasteiger partial charge in [-0.2, -0.15) is 11.8 Å². The van der Waals surface area contributed by atoms with Crippen LogP contribution in [-0.4, -0.2) is 66.5 Å². The fourth-order valence-electron chi connectivity index (χ4n) is 4.84. The number of piperidine rings is 1. The van der Waals surface area contributed by atoms with Gasteiger partial charge in [0.15, 0.2) is 0 Å². The van der Waals surface area contributed by atoms with Gasteiger partial charge < -0.3 is 19.7 Å². The SMILES string of the molecule is O=C(/C=C/C1CCC2OCOC2C1)N(CC1CCCS1)C1CCC[NH2+]C1. The van der Waals surface area contributed by atoms with Crippen LogP contribution < -0.4 is 5.32 Å². The Balaban J connectivity index is 1.36. The summed E-state index contributed by atoms with van der Waals surface area (Å²) in [7, 11) is 0. The van der Waals surface area contributed by atoms with E-state index >= 15 is 0 Å². The van der Waals surface area contributed by atoms with Crippen molar-refractivity contribution in [2.45, 2.75) is 68.4 Å². The zero-order valence-corrected chi connectivity index (χ0v) is 16.5. The van der Waals surface area contributed by atoms with Crippen molar-refractivity contribution >= 4 is 17.7 Å². The van der Waals surface area contributed by atoms with Crippen LogP contribution in [0.15, 0.2) is 12.2 Å². The van der Waals surface area contributed by atoms with E-state index in [1.165, 1.54) is 31.6 Å². The Labute approximate surface area is 161 Å². The molecule has 0 aromatic heterocycles.